The van der Waals surface area contributed by atoms with Gasteiger partial charge < -0.3 is 4.74 Å². The Balaban J connectivity index is 1.58. The van der Waals surface area contributed by atoms with Crippen molar-refractivity contribution in [3.05, 3.63) is 75.8 Å². The van der Waals surface area contributed by atoms with E-state index in [1.165, 1.54) is 5.56 Å². The number of hydrogen-bond acceptors (Lipinski definition) is 4. The van der Waals surface area contributed by atoms with Crippen LogP contribution in [0.3, 0.4) is 0 Å². The number of ether oxygens (including phenoxy) is 1. The quantitative estimate of drug-likeness (QED) is 0.628. The molecule has 1 aliphatic heterocycles. The standard InChI is InChI=1S/C18H20N2O3/c21-20(22)17-8-6-16(7-9-17)18-14-19(12-13-23-18)11-10-15-4-2-1-3-5-15/h1-9,18H,10-14H2. The first-order valence-electron chi connectivity index (χ1n) is 7.84. The van der Waals surface area contributed by atoms with Gasteiger partial charge in [-0.1, -0.05) is 30.3 Å². The molecule has 1 heterocycles. The Labute approximate surface area is 135 Å². The van der Waals surface area contributed by atoms with Crippen LogP contribution >= 0.6 is 0 Å². The number of benzene rings is 2. The number of nitrogens with zero attached hydrogens (tertiary/aromatic N) is 2. The van der Waals surface area contributed by atoms with Crippen molar-refractivity contribution in [2.75, 3.05) is 26.2 Å². The summed E-state index contributed by atoms with van der Waals surface area (Å²) in [4.78, 5) is 12.7. The van der Waals surface area contributed by atoms with Crippen LogP contribution in [0.15, 0.2) is 54.6 Å². The van der Waals surface area contributed by atoms with Crippen molar-refractivity contribution in [1.29, 1.82) is 0 Å². The minimum Gasteiger partial charge on any atom is -0.371 e. The second-order valence-electron chi connectivity index (χ2n) is 5.74. The van der Waals surface area contributed by atoms with Crippen LogP contribution < -0.4 is 0 Å². The van der Waals surface area contributed by atoms with Crippen LogP contribution in [0.1, 0.15) is 17.2 Å². The van der Waals surface area contributed by atoms with Gasteiger partial charge in [0.05, 0.1) is 17.6 Å². The molecule has 1 aliphatic rings. The largest absolute Gasteiger partial charge is 0.371 e. The molecule has 23 heavy (non-hydrogen) atoms. The highest BCUT2D eigenvalue weighted by molar-refractivity contribution is 5.34. The van der Waals surface area contributed by atoms with Gasteiger partial charge in [-0.15, -0.1) is 0 Å². The lowest BCUT2D eigenvalue weighted by Gasteiger charge is -2.33. The van der Waals surface area contributed by atoms with Crippen LogP contribution in [0.2, 0.25) is 0 Å². The second-order valence-corrected chi connectivity index (χ2v) is 5.74. The van der Waals surface area contributed by atoms with Gasteiger partial charge in [-0.3, -0.25) is 15.0 Å². The van der Waals surface area contributed by atoms with Crippen molar-refractivity contribution in [3.8, 4) is 0 Å². The molecule has 0 aromatic heterocycles. The summed E-state index contributed by atoms with van der Waals surface area (Å²) in [7, 11) is 0. The van der Waals surface area contributed by atoms with Gasteiger partial charge in [0.1, 0.15) is 0 Å². The molecule has 1 unspecified atom stereocenters. The summed E-state index contributed by atoms with van der Waals surface area (Å²) in [5, 5.41) is 10.7. The summed E-state index contributed by atoms with van der Waals surface area (Å²) in [6.45, 7) is 3.44. The predicted octanol–water partition coefficient (Wildman–Crippen LogP) is 3.21. The summed E-state index contributed by atoms with van der Waals surface area (Å²) in [5.74, 6) is 0. The number of morpholine rings is 1. The Hall–Kier alpha value is -2.24. The maximum atomic E-state index is 10.7. The number of nitro benzene ring substituents is 1. The summed E-state index contributed by atoms with van der Waals surface area (Å²) >= 11 is 0. The molecule has 2 aromatic carbocycles. The molecule has 5 heteroatoms. The zero-order chi connectivity index (χ0) is 16.1. The normalized spacial score (nSPS) is 18.7. The van der Waals surface area contributed by atoms with Crippen LogP contribution in [0.4, 0.5) is 5.69 Å². The van der Waals surface area contributed by atoms with Gasteiger partial charge in [0, 0.05) is 31.8 Å². The van der Waals surface area contributed by atoms with Gasteiger partial charge in [-0.2, -0.15) is 0 Å². The molecule has 0 spiro atoms. The molecule has 2 aromatic rings. The zero-order valence-corrected chi connectivity index (χ0v) is 12.9. The van der Waals surface area contributed by atoms with Gasteiger partial charge in [-0.25, -0.2) is 0 Å². The number of nitro groups is 1. The molecule has 0 saturated carbocycles. The first kappa shape index (κ1) is 15.6. The van der Waals surface area contributed by atoms with Crippen molar-refractivity contribution >= 4 is 5.69 Å². The molecule has 0 radical (unpaired) electrons. The van der Waals surface area contributed by atoms with Gasteiger partial charge in [0.2, 0.25) is 0 Å². The van der Waals surface area contributed by atoms with E-state index in [2.05, 4.69) is 29.2 Å². The molecule has 0 amide bonds. The first-order valence-corrected chi connectivity index (χ1v) is 7.84. The van der Waals surface area contributed by atoms with Crippen molar-refractivity contribution in [2.24, 2.45) is 0 Å². The molecule has 1 fully saturated rings. The number of rotatable bonds is 5. The fourth-order valence-electron chi connectivity index (χ4n) is 2.85. The molecule has 1 atom stereocenters. The maximum absolute atomic E-state index is 10.7. The molecule has 0 N–H and O–H groups in total. The third-order valence-electron chi connectivity index (χ3n) is 4.19. The van der Waals surface area contributed by atoms with Crippen LogP contribution in [-0.2, 0) is 11.2 Å². The lowest BCUT2D eigenvalue weighted by molar-refractivity contribution is -0.384. The van der Waals surface area contributed by atoms with Gasteiger partial charge >= 0.3 is 0 Å². The minimum atomic E-state index is -0.377. The molecule has 1 saturated heterocycles. The summed E-state index contributed by atoms with van der Waals surface area (Å²) < 4.78 is 5.84. The highest BCUT2D eigenvalue weighted by atomic mass is 16.6. The lowest BCUT2D eigenvalue weighted by atomic mass is 10.1. The first-order chi connectivity index (χ1) is 11.2. The SMILES string of the molecule is O=[N+]([O-])c1ccc(C2CN(CCc3ccccc3)CCO2)cc1. The van der Waals surface area contributed by atoms with E-state index < -0.39 is 0 Å². The van der Waals surface area contributed by atoms with Crippen LogP contribution in [0.5, 0.6) is 0 Å². The monoisotopic (exact) mass is 312 g/mol. The molecule has 0 aliphatic carbocycles. The Kier molecular flexibility index (Phi) is 5.00. The molecule has 5 nitrogen and oxygen atoms in total. The van der Waals surface area contributed by atoms with Crippen LogP contribution in [-0.4, -0.2) is 36.1 Å². The van der Waals surface area contributed by atoms with Gasteiger partial charge in [0.15, 0.2) is 0 Å². The molecule has 0 bridgehead atoms. The van der Waals surface area contributed by atoms with E-state index in [4.69, 9.17) is 4.74 Å². The molecule has 3 rings (SSSR count). The Morgan fingerprint density at radius 3 is 2.57 bits per heavy atom. The van der Waals surface area contributed by atoms with E-state index in [0.29, 0.717) is 6.61 Å². The topological polar surface area (TPSA) is 55.6 Å². The summed E-state index contributed by atoms with van der Waals surface area (Å²) in [6.07, 6.45) is 1.01. The molecular formula is C18H20N2O3. The average molecular weight is 312 g/mol. The second kappa shape index (κ2) is 7.35. The smallest absolute Gasteiger partial charge is 0.269 e. The van der Waals surface area contributed by atoms with Crippen LogP contribution in [0, 0.1) is 10.1 Å². The van der Waals surface area contributed by atoms with E-state index in [1.54, 1.807) is 24.3 Å². The minimum absolute atomic E-state index is 0.0136. The maximum Gasteiger partial charge on any atom is 0.269 e. The average Bonchev–Trinajstić information content (AvgIpc) is 2.61. The van der Waals surface area contributed by atoms with E-state index in [1.807, 2.05) is 6.07 Å². The van der Waals surface area contributed by atoms with E-state index in [9.17, 15) is 10.1 Å². The Morgan fingerprint density at radius 1 is 1.13 bits per heavy atom. The third kappa shape index (κ3) is 4.15. The van der Waals surface area contributed by atoms with Crippen molar-refractivity contribution < 1.29 is 9.66 Å². The number of non-ortho nitro benzene ring substituents is 1. The zero-order valence-electron chi connectivity index (χ0n) is 12.9. The van der Waals surface area contributed by atoms with Crippen molar-refractivity contribution in [2.45, 2.75) is 12.5 Å². The van der Waals surface area contributed by atoms with Gasteiger partial charge in [-0.05, 0) is 29.7 Å². The highest BCUT2D eigenvalue weighted by Crippen LogP contribution is 2.24. The van der Waals surface area contributed by atoms with E-state index in [0.717, 1.165) is 31.6 Å². The summed E-state index contributed by atoms with van der Waals surface area (Å²) in [5.41, 5.74) is 2.45. The Bertz CT molecular complexity index is 643. The molecule has 120 valence electrons. The van der Waals surface area contributed by atoms with Crippen molar-refractivity contribution in [3.63, 3.8) is 0 Å². The van der Waals surface area contributed by atoms with Crippen molar-refractivity contribution in [1.82, 2.24) is 4.90 Å². The fraction of sp³-hybridized carbons (Fsp3) is 0.333. The number of hydrogen-bond donors (Lipinski definition) is 0. The van der Waals surface area contributed by atoms with E-state index >= 15 is 0 Å². The van der Waals surface area contributed by atoms with Crippen LogP contribution in [0.25, 0.3) is 0 Å². The van der Waals surface area contributed by atoms with E-state index in [-0.39, 0.29) is 16.7 Å². The summed E-state index contributed by atoms with van der Waals surface area (Å²) in [6, 6.07) is 17.1. The predicted molar refractivity (Wildman–Crippen MR) is 88.4 cm³/mol. The third-order valence-corrected chi connectivity index (χ3v) is 4.19. The fourth-order valence-corrected chi connectivity index (χ4v) is 2.85. The molecular weight excluding hydrogens is 292 g/mol. The highest BCUT2D eigenvalue weighted by Gasteiger charge is 2.22. The Morgan fingerprint density at radius 2 is 1.87 bits per heavy atom. The van der Waals surface area contributed by atoms with Gasteiger partial charge in [0.25, 0.3) is 5.69 Å². The lowest BCUT2D eigenvalue weighted by Crippen LogP contribution is -2.39.